The van der Waals surface area contributed by atoms with Crippen LogP contribution < -0.4 is 0 Å². The number of carbonyl (C=O) groups is 1. The Morgan fingerprint density at radius 2 is 2.22 bits per heavy atom. The molecule has 1 aromatic rings. The van der Waals surface area contributed by atoms with Crippen LogP contribution in [0.5, 0.6) is 0 Å². The van der Waals surface area contributed by atoms with Gasteiger partial charge < -0.3 is 5.11 Å². The average molecular weight is 273 g/mol. The van der Waals surface area contributed by atoms with Crippen LogP contribution in [0.25, 0.3) is 0 Å². The summed E-state index contributed by atoms with van der Waals surface area (Å²) in [7, 11) is -1.47. The van der Waals surface area contributed by atoms with Crippen molar-refractivity contribution in [2.45, 2.75) is 44.7 Å². The minimum atomic E-state index is -1.47. The van der Waals surface area contributed by atoms with Gasteiger partial charge in [-0.2, -0.15) is 5.10 Å². The fourth-order valence-electron chi connectivity index (χ4n) is 1.60. The van der Waals surface area contributed by atoms with Crippen LogP contribution in [0.4, 0.5) is 0 Å². The van der Waals surface area contributed by atoms with Crippen LogP contribution in [0.15, 0.2) is 6.33 Å². The van der Waals surface area contributed by atoms with E-state index in [1.54, 1.807) is 11.6 Å². The Labute approximate surface area is 109 Å². The zero-order valence-corrected chi connectivity index (χ0v) is 11.7. The van der Waals surface area contributed by atoms with E-state index in [2.05, 4.69) is 23.9 Å². The van der Waals surface area contributed by atoms with Crippen LogP contribution in [0.3, 0.4) is 0 Å². The molecule has 0 radical (unpaired) electrons. The molecule has 0 aromatic carbocycles. The highest BCUT2D eigenvalue weighted by molar-refractivity contribution is 7.85. The van der Waals surface area contributed by atoms with Gasteiger partial charge in [-0.05, 0) is 12.3 Å². The van der Waals surface area contributed by atoms with Crippen molar-refractivity contribution in [3.05, 3.63) is 12.2 Å². The van der Waals surface area contributed by atoms with Crippen molar-refractivity contribution >= 4 is 16.8 Å². The van der Waals surface area contributed by atoms with Crippen molar-refractivity contribution in [2.24, 2.45) is 5.92 Å². The predicted octanol–water partition coefficient (Wildman–Crippen LogP) is 1.05. The van der Waals surface area contributed by atoms with Crippen molar-refractivity contribution in [1.82, 2.24) is 14.8 Å². The Morgan fingerprint density at radius 3 is 2.72 bits per heavy atom. The predicted molar refractivity (Wildman–Crippen MR) is 68.4 cm³/mol. The highest BCUT2D eigenvalue weighted by Gasteiger charge is 2.24. The van der Waals surface area contributed by atoms with E-state index in [9.17, 15) is 9.00 Å². The number of nitrogens with zero attached hydrogens (tertiary/aromatic N) is 3. The maximum absolute atomic E-state index is 12.0. The first kappa shape index (κ1) is 14.8. The monoisotopic (exact) mass is 273 g/mol. The summed E-state index contributed by atoms with van der Waals surface area (Å²) in [6.45, 7) is 6.51. The van der Waals surface area contributed by atoms with E-state index in [1.807, 2.05) is 0 Å². The highest BCUT2D eigenvalue weighted by Crippen LogP contribution is 2.09. The van der Waals surface area contributed by atoms with E-state index in [4.69, 9.17) is 5.11 Å². The molecule has 18 heavy (non-hydrogen) atoms. The summed E-state index contributed by atoms with van der Waals surface area (Å²) in [6, 6.07) is 0. The second-order valence-electron chi connectivity index (χ2n) is 4.51. The van der Waals surface area contributed by atoms with Gasteiger partial charge in [0.05, 0.1) is 5.75 Å². The number of rotatable bonds is 7. The van der Waals surface area contributed by atoms with Gasteiger partial charge in [0, 0.05) is 17.3 Å². The SMILES string of the molecule is CCC(C(=O)O)S(=O)Cc1ncnn1CC(C)C. The zero-order valence-electron chi connectivity index (χ0n) is 10.9. The van der Waals surface area contributed by atoms with Crippen LogP contribution >= 0.6 is 0 Å². The van der Waals surface area contributed by atoms with Crippen molar-refractivity contribution < 1.29 is 14.1 Å². The molecule has 7 heteroatoms. The first-order valence-electron chi connectivity index (χ1n) is 5.92. The number of carboxylic acids is 1. The number of carboxylic acid groups (broad SMARTS) is 1. The van der Waals surface area contributed by atoms with Crippen LogP contribution in [0.1, 0.15) is 33.0 Å². The minimum Gasteiger partial charge on any atom is -0.480 e. The van der Waals surface area contributed by atoms with Crippen molar-refractivity contribution in [3.63, 3.8) is 0 Å². The lowest BCUT2D eigenvalue weighted by atomic mass is 10.2. The van der Waals surface area contributed by atoms with Crippen molar-refractivity contribution in [2.75, 3.05) is 0 Å². The van der Waals surface area contributed by atoms with Gasteiger partial charge in [-0.25, -0.2) is 9.67 Å². The lowest BCUT2D eigenvalue weighted by molar-refractivity contribution is -0.136. The van der Waals surface area contributed by atoms with Crippen molar-refractivity contribution in [3.8, 4) is 0 Å². The Balaban J connectivity index is 2.75. The lowest BCUT2D eigenvalue weighted by Gasteiger charge is -2.11. The van der Waals surface area contributed by atoms with Gasteiger partial charge in [0.2, 0.25) is 0 Å². The summed E-state index contributed by atoms with van der Waals surface area (Å²) < 4.78 is 13.7. The van der Waals surface area contributed by atoms with Gasteiger partial charge in [-0.3, -0.25) is 9.00 Å². The molecule has 0 spiro atoms. The number of aliphatic carboxylic acids is 1. The molecule has 102 valence electrons. The van der Waals surface area contributed by atoms with Gasteiger partial charge >= 0.3 is 5.97 Å². The molecule has 0 aliphatic carbocycles. The second-order valence-corrected chi connectivity index (χ2v) is 6.13. The molecule has 1 rings (SSSR count). The number of hydrogen-bond donors (Lipinski definition) is 1. The van der Waals surface area contributed by atoms with E-state index in [1.165, 1.54) is 6.33 Å². The maximum atomic E-state index is 12.0. The molecule has 2 atom stereocenters. The fraction of sp³-hybridized carbons (Fsp3) is 0.727. The van der Waals surface area contributed by atoms with E-state index < -0.39 is 22.0 Å². The third-order valence-corrected chi connectivity index (χ3v) is 4.18. The summed E-state index contributed by atoms with van der Waals surface area (Å²) in [4.78, 5) is 15.0. The molecule has 6 nitrogen and oxygen atoms in total. The van der Waals surface area contributed by atoms with E-state index in [0.29, 0.717) is 24.7 Å². The molecule has 0 fully saturated rings. The zero-order chi connectivity index (χ0) is 13.7. The van der Waals surface area contributed by atoms with Crippen LogP contribution in [0, 0.1) is 5.92 Å². The van der Waals surface area contributed by atoms with Crippen LogP contribution in [0.2, 0.25) is 0 Å². The van der Waals surface area contributed by atoms with E-state index in [-0.39, 0.29) is 5.75 Å². The summed E-state index contributed by atoms with van der Waals surface area (Å²) in [6.07, 6.45) is 1.76. The normalized spacial score (nSPS) is 14.7. The van der Waals surface area contributed by atoms with Crippen LogP contribution in [-0.2, 0) is 27.9 Å². The molecule has 0 aliphatic heterocycles. The molecule has 2 unspecified atom stereocenters. The van der Waals surface area contributed by atoms with Gasteiger partial charge in [0.15, 0.2) is 0 Å². The summed E-state index contributed by atoms with van der Waals surface area (Å²) in [5.74, 6) is 0.102. The van der Waals surface area contributed by atoms with Gasteiger partial charge in [0.25, 0.3) is 0 Å². The van der Waals surface area contributed by atoms with E-state index >= 15 is 0 Å². The topological polar surface area (TPSA) is 85.1 Å². The van der Waals surface area contributed by atoms with Gasteiger partial charge in [-0.1, -0.05) is 20.8 Å². The summed E-state index contributed by atoms with van der Waals surface area (Å²) in [5.41, 5.74) is 0. The molecular formula is C11H19N3O3S. The lowest BCUT2D eigenvalue weighted by Crippen LogP contribution is -2.26. The first-order chi connectivity index (χ1) is 8.45. The van der Waals surface area contributed by atoms with Gasteiger partial charge in [0.1, 0.15) is 17.4 Å². The minimum absolute atomic E-state index is 0.136. The Kier molecular flexibility index (Phi) is 5.46. The molecule has 1 heterocycles. The van der Waals surface area contributed by atoms with Crippen LogP contribution in [-0.4, -0.2) is 35.3 Å². The largest absolute Gasteiger partial charge is 0.480 e. The fourth-order valence-corrected chi connectivity index (χ4v) is 2.87. The quantitative estimate of drug-likeness (QED) is 0.802. The third-order valence-electron chi connectivity index (χ3n) is 2.47. The molecular weight excluding hydrogens is 254 g/mol. The summed E-state index contributed by atoms with van der Waals surface area (Å²) >= 11 is 0. The molecule has 0 saturated heterocycles. The smallest absolute Gasteiger partial charge is 0.319 e. The maximum Gasteiger partial charge on any atom is 0.319 e. The standard InChI is InChI=1S/C11H19N3O3S/c1-4-9(11(15)16)18(17)6-10-12-7-13-14(10)5-8(2)3/h7-9H,4-6H2,1-3H3,(H,15,16). The van der Waals surface area contributed by atoms with E-state index in [0.717, 1.165) is 0 Å². The average Bonchev–Trinajstić information content (AvgIpc) is 2.65. The Morgan fingerprint density at radius 1 is 1.56 bits per heavy atom. The molecule has 0 saturated carbocycles. The number of aromatic nitrogens is 3. The second kappa shape index (κ2) is 6.63. The molecule has 0 aliphatic rings. The van der Waals surface area contributed by atoms with Gasteiger partial charge in [-0.15, -0.1) is 0 Å². The van der Waals surface area contributed by atoms with Crippen molar-refractivity contribution in [1.29, 1.82) is 0 Å². The highest BCUT2D eigenvalue weighted by atomic mass is 32.2. The third kappa shape index (κ3) is 3.90. The summed E-state index contributed by atoms with van der Waals surface area (Å²) in [5, 5.41) is 12.2. The number of hydrogen-bond acceptors (Lipinski definition) is 4. The molecule has 0 amide bonds. The molecule has 0 bridgehead atoms. The Hall–Kier alpha value is -1.24. The molecule has 1 aromatic heterocycles. The molecule has 1 N–H and O–H groups in total. The Bertz CT molecular complexity index is 431. The first-order valence-corrected chi connectivity index (χ1v) is 7.30.